The van der Waals surface area contributed by atoms with Gasteiger partial charge in [-0.1, -0.05) is 12.1 Å². The first-order valence-electron chi connectivity index (χ1n) is 8.76. The zero-order valence-corrected chi connectivity index (χ0v) is 16.9. The van der Waals surface area contributed by atoms with Gasteiger partial charge in [0.15, 0.2) is 17.3 Å². The van der Waals surface area contributed by atoms with Crippen molar-refractivity contribution in [3.8, 4) is 40.1 Å². The lowest BCUT2D eigenvalue weighted by molar-refractivity contribution is 0.303. The van der Waals surface area contributed by atoms with Gasteiger partial charge in [-0.3, -0.25) is 4.79 Å². The van der Waals surface area contributed by atoms with Gasteiger partial charge in [0.05, 0.1) is 4.47 Å². The highest BCUT2D eigenvalue weighted by Crippen LogP contribution is 2.37. The first-order valence-corrected chi connectivity index (χ1v) is 9.56. The minimum absolute atomic E-state index is 0.0334. The van der Waals surface area contributed by atoms with Gasteiger partial charge in [0.25, 0.3) is 0 Å². The van der Waals surface area contributed by atoms with Crippen LogP contribution in [0.3, 0.4) is 0 Å². The van der Waals surface area contributed by atoms with Gasteiger partial charge in [0, 0.05) is 5.56 Å². The van der Waals surface area contributed by atoms with Crippen molar-refractivity contribution in [2.24, 2.45) is 0 Å². The third-order valence-corrected chi connectivity index (χ3v) is 5.13. The van der Waals surface area contributed by atoms with Crippen LogP contribution in [0.4, 0.5) is 0 Å². The Balaban J connectivity index is 1.79. The lowest BCUT2D eigenvalue weighted by atomic mass is 10.1. The van der Waals surface area contributed by atoms with Crippen molar-refractivity contribution in [3.63, 3.8) is 0 Å². The van der Waals surface area contributed by atoms with Gasteiger partial charge in [-0.15, -0.1) is 0 Å². The fraction of sp³-hybridized carbons (Fsp3) is 0.0455. The molecule has 7 nitrogen and oxygen atoms in total. The molecule has 3 aromatic carbocycles. The summed E-state index contributed by atoms with van der Waals surface area (Å²) < 4.78 is 12.2. The minimum atomic E-state index is -0.824. The minimum Gasteiger partial charge on any atom is -0.507 e. The van der Waals surface area contributed by atoms with E-state index < -0.39 is 16.9 Å². The highest BCUT2D eigenvalue weighted by atomic mass is 79.9. The Kier molecular flexibility index (Phi) is 5.01. The molecule has 0 atom stereocenters. The topological polar surface area (TPSA) is 120 Å². The molecule has 0 spiro atoms. The predicted octanol–water partition coefficient (Wildman–Crippen LogP) is 4.62. The van der Waals surface area contributed by atoms with Crippen LogP contribution in [0.15, 0.2) is 68.3 Å². The number of ether oxygens (including phenoxy) is 1. The van der Waals surface area contributed by atoms with Gasteiger partial charge in [-0.25, -0.2) is 0 Å². The summed E-state index contributed by atoms with van der Waals surface area (Å²) in [4.78, 5) is 12.6. The van der Waals surface area contributed by atoms with E-state index in [1.54, 1.807) is 6.07 Å². The standard InChI is InChI=1S/C22H15BrO7/c23-13-3-1-2-4-17(13)29-10-11-7-16(26)19-18(8-11)30-22(21(28)20(19)27)12-5-6-14(24)15(25)9-12/h1-9,24-26,28H,10H2. The predicted molar refractivity (Wildman–Crippen MR) is 113 cm³/mol. The maximum absolute atomic E-state index is 12.6. The fourth-order valence-corrected chi connectivity index (χ4v) is 3.41. The molecule has 152 valence electrons. The van der Waals surface area contributed by atoms with Gasteiger partial charge >= 0.3 is 0 Å². The fourth-order valence-electron chi connectivity index (χ4n) is 3.01. The molecule has 1 heterocycles. The summed E-state index contributed by atoms with van der Waals surface area (Å²) in [5, 5.41) is 39.6. The van der Waals surface area contributed by atoms with Crippen LogP contribution in [0.5, 0.6) is 28.7 Å². The van der Waals surface area contributed by atoms with E-state index in [4.69, 9.17) is 9.15 Å². The molecule has 0 radical (unpaired) electrons. The summed E-state index contributed by atoms with van der Waals surface area (Å²) >= 11 is 3.39. The molecular weight excluding hydrogens is 456 g/mol. The number of para-hydroxylation sites is 1. The Morgan fingerprint density at radius 3 is 2.40 bits per heavy atom. The third kappa shape index (κ3) is 3.53. The van der Waals surface area contributed by atoms with E-state index in [1.807, 2.05) is 18.2 Å². The molecule has 0 saturated carbocycles. The third-order valence-electron chi connectivity index (χ3n) is 4.48. The Labute approximate surface area is 178 Å². The lowest BCUT2D eigenvalue weighted by Crippen LogP contribution is -2.04. The Hall–Kier alpha value is -3.65. The summed E-state index contributed by atoms with van der Waals surface area (Å²) in [6.45, 7) is 0.0893. The molecule has 8 heteroatoms. The second-order valence-corrected chi connectivity index (χ2v) is 7.37. The molecule has 0 fully saturated rings. The number of benzene rings is 3. The zero-order valence-electron chi connectivity index (χ0n) is 15.3. The second-order valence-electron chi connectivity index (χ2n) is 6.52. The van der Waals surface area contributed by atoms with Crippen LogP contribution in [0.2, 0.25) is 0 Å². The summed E-state index contributed by atoms with van der Waals surface area (Å²) in [7, 11) is 0. The highest BCUT2D eigenvalue weighted by Gasteiger charge is 2.19. The van der Waals surface area contributed by atoms with Gasteiger partial charge < -0.3 is 29.6 Å². The molecule has 30 heavy (non-hydrogen) atoms. The molecule has 0 bridgehead atoms. The number of hydrogen-bond donors (Lipinski definition) is 4. The van der Waals surface area contributed by atoms with Crippen LogP contribution in [-0.4, -0.2) is 20.4 Å². The van der Waals surface area contributed by atoms with E-state index in [1.165, 1.54) is 24.3 Å². The Morgan fingerprint density at radius 1 is 0.900 bits per heavy atom. The van der Waals surface area contributed by atoms with E-state index >= 15 is 0 Å². The monoisotopic (exact) mass is 470 g/mol. The largest absolute Gasteiger partial charge is 0.507 e. The average Bonchev–Trinajstić information content (AvgIpc) is 2.72. The SMILES string of the molecule is O=c1c(O)c(-c2ccc(O)c(O)c2)oc2cc(COc3ccccc3Br)cc(O)c12. The first kappa shape index (κ1) is 19.7. The smallest absolute Gasteiger partial charge is 0.238 e. The second kappa shape index (κ2) is 7.64. The van der Waals surface area contributed by atoms with Gasteiger partial charge in [-0.2, -0.15) is 0 Å². The van der Waals surface area contributed by atoms with Crippen molar-refractivity contribution in [1.82, 2.24) is 0 Å². The number of phenols is 3. The number of phenolic OH excluding ortho intramolecular Hbond substituents is 3. The van der Waals surface area contributed by atoms with Gasteiger partial charge in [-0.05, 0) is 64.0 Å². The summed E-state index contributed by atoms with van der Waals surface area (Å²) in [5.74, 6) is -1.48. The van der Waals surface area contributed by atoms with Crippen molar-refractivity contribution < 1.29 is 29.6 Å². The number of rotatable bonds is 4. The highest BCUT2D eigenvalue weighted by molar-refractivity contribution is 9.10. The molecule has 4 rings (SSSR count). The number of hydrogen-bond acceptors (Lipinski definition) is 7. The van der Waals surface area contributed by atoms with Crippen LogP contribution < -0.4 is 10.2 Å². The maximum atomic E-state index is 12.6. The van der Waals surface area contributed by atoms with Crippen molar-refractivity contribution >= 4 is 26.9 Å². The maximum Gasteiger partial charge on any atom is 0.238 e. The van der Waals surface area contributed by atoms with E-state index in [2.05, 4.69) is 15.9 Å². The van der Waals surface area contributed by atoms with E-state index in [-0.39, 0.29) is 40.4 Å². The quantitative estimate of drug-likeness (QED) is 0.321. The average molecular weight is 471 g/mol. The van der Waals surface area contributed by atoms with Crippen LogP contribution in [0, 0.1) is 0 Å². The summed E-state index contributed by atoms with van der Waals surface area (Å²) in [5.41, 5.74) is -0.0825. The molecule has 0 aliphatic heterocycles. The number of halogens is 1. The number of aromatic hydroxyl groups is 4. The van der Waals surface area contributed by atoms with Gasteiger partial charge in [0.1, 0.15) is 29.1 Å². The lowest BCUT2D eigenvalue weighted by Gasteiger charge is -2.11. The molecular formula is C22H15BrO7. The molecule has 1 aromatic heterocycles. The Bertz CT molecular complexity index is 1330. The molecule has 0 saturated heterocycles. The van der Waals surface area contributed by atoms with Crippen molar-refractivity contribution in [2.75, 3.05) is 0 Å². The van der Waals surface area contributed by atoms with Crippen molar-refractivity contribution in [1.29, 1.82) is 0 Å². The van der Waals surface area contributed by atoms with Crippen molar-refractivity contribution in [3.05, 3.63) is 74.9 Å². The van der Waals surface area contributed by atoms with Crippen LogP contribution in [-0.2, 0) is 6.61 Å². The summed E-state index contributed by atoms with van der Waals surface area (Å²) in [6, 6.07) is 13.9. The van der Waals surface area contributed by atoms with Crippen molar-refractivity contribution in [2.45, 2.75) is 6.61 Å². The summed E-state index contributed by atoms with van der Waals surface area (Å²) in [6.07, 6.45) is 0. The molecule has 0 aliphatic rings. The molecule has 0 amide bonds. The van der Waals surface area contributed by atoms with E-state index in [0.29, 0.717) is 11.3 Å². The normalized spacial score (nSPS) is 11.0. The van der Waals surface area contributed by atoms with Gasteiger partial charge in [0.2, 0.25) is 11.2 Å². The zero-order chi connectivity index (χ0) is 21.4. The van der Waals surface area contributed by atoms with Crippen LogP contribution in [0.1, 0.15) is 5.56 Å². The van der Waals surface area contributed by atoms with E-state index in [9.17, 15) is 25.2 Å². The van der Waals surface area contributed by atoms with E-state index in [0.717, 1.165) is 10.5 Å². The van der Waals surface area contributed by atoms with Crippen LogP contribution in [0.25, 0.3) is 22.3 Å². The number of fused-ring (bicyclic) bond motifs is 1. The molecule has 4 N–H and O–H groups in total. The molecule has 0 unspecified atom stereocenters. The van der Waals surface area contributed by atoms with Crippen LogP contribution >= 0.6 is 15.9 Å². The molecule has 0 aliphatic carbocycles. The Morgan fingerprint density at radius 2 is 1.67 bits per heavy atom. The first-order chi connectivity index (χ1) is 14.3. The molecule has 4 aromatic rings.